The van der Waals surface area contributed by atoms with E-state index in [0.717, 1.165) is 6.54 Å². The number of hydrogen-bond acceptors (Lipinski definition) is 5. The van der Waals surface area contributed by atoms with Crippen molar-refractivity contribution in [1.29, 1.82) is 5.26 Å². The highest BCUT2D eigenvalue weighted by Gasteiger charge is 2.10. The van der Waals surface area contributed by atoms with Crippen molar-refractivity contribution < 1.29 is 14.3 Å². The first-order chi connectivity index (χ1) is 13.1. The lowest BCUT2D eigenvalue weighted by Crippen LogP contribution is -2.37. The third-order valence-electron chi connectivity index (χ3n) is 4.19. The van der Waals surface area contributed by atoms with Gasteiger partial charge in [-0.25, -0.2) is 0 Å². The van der Waals surface area contributed by atoms with E-state index < -0.39 is 0 Å². The van der Waals surface area contributed by atoms with Crippen LogP contribution in [0.2, 0.25) is 0 Å². The molecule has 2 rings (SSSR count). The van der Waals surface area contributed by atoms with Gasteiger partial charge in [0.25, 0.3) is 5.91 Å². The van der Waals surface area contributed by atoms with Crippen molar-refractivity contribution in [3.05, 3.63) is 53.6 Å². The van der Waals surface area contributed by atoms with Crippen LogP contribution in [-0.4, -0.2) is 39.3 Å². The SMILES string of the molecule is CCN(CCNC(=O)COc1ccc(C#N)cc1OC)c1ccccc1C. The molecule has 2 aromatic rings. The molecule has 6 nitrogen and oxygen atoms in total. The van der Waals surface area contributed by atoms with Gasteiger partial charge in [-0.3, -0.25) is 4.79 Å². The first kappa shape index (κ1) is 20.1. The molecule has 0 aromatic heterocycles. The number of amides is 1. The highest BCUT2D eigenvalue weighted by Crippen LogP contribution is 2.27. The van der Waals surface area contributed by atoms with E-state index in [2.05, 4.69) is 36.2 Å². The number of nitrogens with one attached hydrogen (secondary N) is 1. The number of anilines is 1. The summed E-state index contributed by atoms with van der Waals surface area (Å²) in [5, 5.41) is 11.8. The fraction of sp³-hybridized carbons (Fsp3) is 0.333. The number of methoxy groups -OCH3 is 1. The van der Waals surface area contributed by atoms with Gasteiger partial charge in [-0.1, -0.05) is 18.2 Å². The minimum absolute atomic E-state index is 0.112. The fourth-order valence-electron chi connectivity index (χ4n) is 2.75. The summed E-state index contributed by atoms with van der Waals surface area (Å²) in [6.45, 7) is 6.16. The number of carbonyl (C=O) groups excluding carboxylic acids is 1. The molecule has 0 saturated heterocycles. The topological polar surface area (TPSA) is 74.6 Å². The molecule has 0 fully saturated rings. The zero-order valence-electron chi connectivity index (χ0n) is 16.0. The van der Waals surface area contributed by atoms with Crippen LogP contribution >= 0.6 is 0 Å². The maximum absolute atomic E-state index is 12.1. The minimum atomic E-state index is -0.206. The van der Waals surface area contributed by atoms with Crippen LogP contribution in [0.5, 0.6) is 11.5 Å². The van der Waals surface area contributed by atoms with E-state index in [0.29, 0.717) is 30.2 Å². The molecule has 0 radical (unpaired) electrons. The van der Waals surface area contributed by atoms with E-state index in [9.17, 15) is 4.79 Å². The molecule has 6 heteroatoms. The summed E-state index contributed by atoms with van der Waals surface area (Å²) < 4.78 is 10.7. The Hall–Kier alpha value is -3.20. The summed E-state index contributed by atoms with van der Waals surface area (Å²) in [5.41, 5.74) is 2.86. The first-order valence-corrected chi connectivity index (χ1v) is 8.87. The molecule has 0 saturated carbocycles. The zero-order valence-corrected chi connectivity index (χ0v) is 16.0. The number of rotatable bonds is 9. The third kappa shape index (κ3) is 5.65. The lowest BCUT2D eigenvalue weighted by atomic mass is 10.2. The zero-order chi connectivity index (χ0) is 19.6. The molecule has 0 spiro atoms. The van der Waals surface area contributed by atoms with Crippen molar-refractivity contribution in [2.45, 2.75) is 13.8 Å². The van der Waals surface area contributed by atoms with Crippen molar-refractivity contribution in [2.24, 2.45) is 0 Å². The predicted molar refractivity (Wildman–Crippen MR) is 105 cm³/mol. The van der Waals surface area contributed by atoms with Crippen LogP contribution in [0.25, 0.3) is 0 Å². The van der Waals surface area contributed by atoms with Crippen LogP contribution in [0.15, 0.2) is 42.5 Å². The van der Waals surface area contributed by atoms with Crippen LogP contribution in [0, 0.1) is 18.3 Å². The van der Waals surface area contributed by atoms with E-state index in [-0.39, 0.29) is 12.5 Å². The largest absolute Gasteiger partial charge is 0.493 e. The van der Waals surface area contributed by atoms with Gasteiger partial charge in [0, 0.05) is 31.4 Å². The molecule has 0 atom stereocenters. The molecular formula is C21H25N3O3. The van der Waals surface area contributed by atoms with Crippen LogP contribution in [0.4, 0.5) is 5.69 Å². The molecule has 1 N–H and O–H groups in total. The number of hydrogen-bond donors (Lipinski definition) is 1. The van der Waals surface area contributed by atoms with Gasteiger partial charge in [0.05, 0.1) is 18.7 Å². The number of para-hydroxylation sites is 1. The van der Waals surface area contributed by atoms with Crippen molar-refractivity contribution in [1.82, 2.24) is 5.32 Å². The highest BCUT2D eigenvalue weighted by molar-refractivity contribution is 5.77. The number of aryl methyl sites for hydroxylation is 1. The van der Waals surface area contributed by atoms with Crippen molar-refractivity contribution in [3.8, 4) is 17.6 Å². The number of nitrogens with zero attached hydrogens (tertiary/aromatic N) is 2. The maximum Gasteiger partial charge on any atom is 0.258 e. The smallest absolute Gasteiger partial charge is 0.258 e. The molecule has 0 aliphatic rings. The number of likely N-dealkylation sites (N-methyl/N-ethyl adjacent to an activating group) is 1. The van der Waals surface area contributed by atoms with Gasteiger partial charge >= 0.3 is 0 Å². The molecule has 142 valence electrons. The Morgan fingerprint density at radius 1 is 1.22 bits per heavy atom. The Morgan fingerprint density at radius 3 is 2.67 bits per heavy atom. The van der Waals surface area contributed by atoms with Crippen molar-refractivity contribution in [2.75, 3.05) is 38.3 Å². The molecule has 27 heavy (non-hydrogen) atoms. The predicted octanol–water partition coefficient (Wildman–Crippen LogP) is 2.90. The van der Waals surface area contributed by atoms with Gasteiger partial charge in [-0.05, 0) is 37.6 Å². The molecule has 1 amide bonds. The van der Waals surface area contributed by atoms with Gasteiger partial charge in [0.2, 0.25) is 0 Å². The number of nitriles is 1. The molecule has 0 bridgehead atoms. The molecule has 0 aliphatic carbocycles. The number of benzene rings is 2. The van der Waals surface area contributed by atoms with Gasteiger partial charge in [0.1, 0.15) is 0 Å². The first-order valence-electron chi connectivity index (χ1n) is 8.87. The Morgan fingerprint density at radius 2 is 2.00 bits per heavy atom. The molecule has 2 aromatic carbocycles. The highest BCUT2D eigenvalue weighted by atomic mass is 16.5. The second kappa shape index (κ2) is 10.1. The molecule has 0 unspecified atom stereocenters. The molecule has 0 aliphatic heterocycles. The van der Waals surface area contributed by atoms with Crippen LogP contribution in [-0.2, 0) is 4.79 Å². The Bertz CT molecular complexity index is 815. The second-order valence-corrected chi connectivity index (χ2v) is 5.98. The Balaban J connectivity index is 1.83. The fourth-order valence-corrected chi connectivity index (χ4v) is 2.75. The van der Waals surface area contributed by atoms with E-state index in [1.165, 1.54) is 18.4 Å². The lowest BCUT2D eigenvalue weighted by Gasteiger charge is -2.25. The quantitative estimate of drug-likeness (QED) is 0.738. The molecular weight excluding hydrogens is 342 g/mol. The monoisotopic (exact) mass is 367 g/mol. The van der Waals surface area contributed by atoms with Gasteiger partial charge in [-0.2, -0.15) is 5.26 Å². The second-order valence-electron chi connectivity index (χ2n) is 5.98. The maximum atomic E-state index is 12.1. The minimum Gasteiger partial charge on any atom is -0.493 e. The van der Waals surface area contributed by atoms with Crippen molar-refractivity contribution in [3.63, 3.8) is 0 Å². The Kier molecular flexibility index (Phi) is 7.50. The normalized spacial score (nSPS) is 10.0. The summed E-state index contributed by atoms with van der Waals surface area (Å²) in [5.74, 6) is 0.655. The number of ether oxygens (including phenoxy) is 2. The third-order valence-corrected chi connectivity index (χ3v) is 4.19. The number of carbonyl (C=O) groups is 1. The van der Waals surface area contributed by atoms with Gasteiger partial charge in [-0.15, -0.1) is 0 Å². The Labute approximate surface area is 160 Å². The van der Waals surface area contributed by atoms with E-state index in [4.69, 9.17) is 14.7 Å². The van der Waals surface area contributed by atoms with E-state index >= 15 is 0 Å². The van der Waals surface area contributed by atoms with Crippen molar-refractivity contribution >= 4 is 11.6 Å². The molecule has 0 heterocycles. The lowest BCUT2D eigenvalue weighted by molar-refractivity contribution is -0.123. The van der Waals surface area contributed by atoms with E-state index in [1.54, 1.807) is 18.2 Å². The summed E-state index contributed by atoms with van der Waals surface area (Å²) in [6.07, 6.45) is 0. The average molecular weight is 367 g/mol. The summed E-state index contributed by atoms with van der Waals surface area (Å²) in [6, 6.07) is 15.1. The average Bonchev–Trinajstić information content (AvgIpc) is 2.70. The van der Waals surface area contributed by atoms with Crippen LogP contribution < -0.4 is 19.7 Å². The summed E-state index contributed by atoms with van der Waals surface area (Å²) in [4.78, 5) is 14.3. The summed E-state index contributed by atoms with van der Waals surface area (Å²) >= 11 is 0. The van der Waals surface area contributed by atoms with Crippen LogP contribution in [0.1, 0.15) is 18.1 Å². The van der Waals surface area contributed by atoms with E-state index in [1.807, 2.05) is 18.2 Å². The summed E-state index contributed by atoms with van der Waals surface area (Å²) in [7, 11) is 1.49. The standard InChI is InChI=1S/C21H25N3O3/c1-4-24(18-8-6-5-7-16(18)2)12-11-23-21(25)15-27-19-10-9-17(14-22)13-20(19)26-3/h5-10,13H,4,11-12,15H2,1-3H3,(H,23,25). The van der Waals surface area contributed by atoms with Crippen LogP contribution in [0.3, 0.4) is 0 Å². The van der Waals surface area contributed by atoms with Gasteiger partial charge in [0.15, 0.2) is 18.1 Å². The van der Waals surface area contributed by atoms with Gasteiger partial charge < -0.3 is 19.7 Å².